The summed E-state index contributed by atoms with van der Waals surface area (Å²) in [6, 6.07) is 10.5. The van der Waals surface area contributed by atoms with Gasteiger partial charge >= 0.3 is 0 Å². The summed E-state index contributed by atoms with van der Waals surface area (Å²) < 4.78 is 6.51. The van der Waals surface area contributed by atoms with Gasteiger partial charge in [0.1, 0.15) is 0 Å². The van der Waals surface area contributed by atoms with Crippen molar-refractivity contribution in [3.05, 3.63) is 35.9 Å². The van der Waals surface area contributed by atoms with Gasteiger partial charge in [-0.25, -0.2) is 0 Å². The summed E-state index contributed by atoms with van der Waals surface area (Å²) in [5, 5.41) is 3.48. The van der Waals surface area contributed by atoms with E-state index in [0.717, 1.165) is 6.54 Å². The lowest BCUT2D eigenvalue weighted by Gasteiger charge is -2.39. The maximum atomic E-state index is 6.51. The van der Waals surface area contributed by atoms with Gasteiger partial charge in [0.15, 0.2) is 8.32 Å². The summed E-state index contributed by atoms with van der Waals surface area (Å²) in [5.41, 5.74) is 1.26. The average Bonchev–Trinajstić information content (AvgIpc) is 2.28. The second kappa shape index (κ2) is 6.00. The third kappa shape index (κ3) is 3.94. The maximum absolute atomic E-state index is 6.51. The molecule has 1 aromatic rings. The Bertz CT molecular complexity index is 357. The molecule has 1 N–H and O–H groups in total. The Morgan fingerprint density at radius 2 is 1.72 bits per heavy atom. The van der Waals surface area contributed by atoms with Crippen LogP contribution in [-0.2, 0) is 4.43 Å². The Balaban J connectivity index is 2.88. The molecule has 1 rings (SSSR count). The molecular weight excluding hydrogens is 238 g/mol. The molecule has 0 aliphatic heterocycles. The lowest BCUT2D eigenvalue weighted by molar-refractivity contribution is 0.183. The fourth-order valence-corrected chi connectivity index (χ4v) is 2.90. The van der Waals surface area contributed by atoms with Gasteiger partial charge in [0, 0.05) is 6.54 Å². The molecule has 1 aromatic carbocycles. The van der Waals surface area contributed by atoms with Crippen LogP contribution in [0.1, 0.15) is 32.4 Å². The zero-order valence-electron chi connectivity index (χ0n) is 12.6. The van der Waals surface area contributed by atoms with Gasteiger partial charge in [-0.05, 0) is 30.7 Å². The smallest absolute Gasteiger partial charge is 0.192 e. The van der Waals surface area contributed by atoms with Crippen LogP contribution in [0.5, 0.6) is 0 Å². The van der Waals surface area contributed by atoms with Crippen molar-refractivity contribution < 1.29 is 4.43 Å². The van der Waals surface area contributed by atoms with Gasteiger partial charge in [-0.15, -0.1) is 0 Å². The van der Waals surface area contributed by atoms with Crippen molar-refractivity contribution in [1.29, 1.82) is 0 Å². The molecule has 0 bridgehead atoms. The van der Waals surface area contributed by atoms with Crippen molar-refractivity contribution in [2.75, 3.05) is 13.6 Å². The van der Waals surface area contributed by atoms with Crippen LogP contribution < -0.4 is 5.32 Å². The largest absolute Gasteiger partial charge is 0.409 e. The van der Waals surface area contributed by atoms with Crippen LogP contribution in [0.15, 0.2) is 30.3 Å². The van der Waals surface area contributed by atoms with E-state index in [2.05, 4.69) is 63.4 Å². The molecule has 102 valence electrons. The minimum Gasteiger partial charge on any atom is -0.409 e. The Hall–Kier alpha value is -0.643. The first-order chi connectivity index (χ1) is 8.28. The number of hydrogen-bond acceptors (Lipinski definition) is 2. The van der Waals surface area contributed by atoms with E-state index in [1.165, 1.54) is 5.56 Å². The van der Waals surface area contributed by atoms with E-state index in [1.807, 2.05) is 13.1 Å². The summed E-state index contributed by atoms with van der Waals surface area (Å²) in [7, 11) is 0.249. The highest BCUT2D eigenvalue weighted by atomic mass is 28.4. The number of hydrogen-bond donors (Lipinski definition) is 1. The Kier molecular flexibility index (Phi) is 5.14. The van der Waals surface area contributed by atoms with E-state index in [0.29, 0.717) is 0 Å². The van der Waals surface area contributed by atoms with E-state index in [4.69, 9.17) is 4.43 Å². The standard InChI is InChI=1S/C15H27NOSi/c1-15(2,3)18(5,6)17-14(12-16-4)13-10-8-7-9-11-13/h7-11,14,16H,12H2,1-6H3/t14-/m0/s1. The lowest BCUT2D eigenvalue weighted by Crippen LogP contribution is -2.43. The SMILES string of the molecule is CNC[C@H](O[Si](C)(C)C(C)(C)C)c1ccccc1. The van der Waals surface area contributed by atoms with Gasteiger partial charge in [0.25, 0.3) is 0 Å². The first-order valence-corrected chi connectivity index (χ1v) is 9.56. The highest BCUT2D eigenvalue weighted by Crippen LogP contribution is 2.39. The van der Waals surface area contributed by atoms with Crippen LogP contribution >= 0.6 is 0 Å². The summed E-state index contributed by atoms with van der Waals surface area (Å²) in [5.74, 6) is 0. The highest BCUT2D eigenvalue weighted by molar-refractivity contribution is 6.74. The second-order valence-corrected chi connectivity index (χ2v) is 11.1. The van der Waals surface area contributed by atoms with Crippen molar-refractivity contribution in [3.63, 3.8) is 0 Å². The van der Waals surface area contributed by atoms with Gasteiger partial charge in [0.05, 0.1) is 6.10 Å². The van der Waals surface area contributed by atoms with E-state index in [9.17, 15) is 0 Å². The van der Waals surface area contributed by atoms with Crippen LogP contribution in [0.3, 0.4) is 0 Å². The molecule has 0 heterocycles. The minimum absolute atomic E-state index is 0.150. The number of rotatable bonds is 5. The maximum Gasteiger partial charge on any atom is 0.192 e. The van der Waals surface area contributed by atoms with Crippen LogP contribution in [0.4, 0.5) is 0 Å². The van der Waals surface area contributed by atoms with Gasteiger partial charge in [-0.1, -0.05) is 51.1 Å². The van der Waals surface area contributed by atoms with Crippen molar-refractivity contribution in [2.24, 2.45) is 0 Å². The Labute approximate surface area is 113 Å². The fourth-order valence-electron chi connectivity index (χ4n) is 1.61. The third-order valence-electron chi connectivity index (χ3n) is 3.80. The quantitative estimate of drug-likeness (QED) is 0.813. The predicted molar refractivity (Wildman–Crippen MR) is 81.4 cm³/mol. The molecule has 0 aliphatic carbocycles. The molecule has 0 aromatic heterocycles. The number of likely N-dealkylation sites (N-methyl/N-ethyl adjacent to an activating group) is 1. The summed E-state index contributed by atoms with van der Waals surface area (Å²) in [6.45, 7) is 12.3. The predicted octanol–water partition coefficient (Wildman–Crippen LogP) is 3.97. The Morgan fingerprint density at radius 3 is 2.17 bits per heavy atom. The van der Waals surface area contributed by atoms with E-state index in [-0.39, 0.29) is 11.1 Å². The molecule has 1 atom stereocenters. The van der Waals surface area contributed by atoms with E-state index >= 15 is 0 Å². The molecule has 2 nitrogen and oxygen atoms in total. The van der Waals surface area contributed by atoms with E-state index < -0.39 is 8.32 Å². The number of benzene rings is 1. The Morgan fingerprint density at radius 1 is 1.17 bits per heavy atom. The lowest BCUT2D eigenvalue weighted by atomic mass is 10.1. The monoisotopic (exact) mass is 265 g/mol. The normalized spacial score (nSPS) is 14.6. The third-order valence-corrected chi connectivity index (χ3v) is 8.29. The molecular formula is C15H27NOSi. The minimum atomic E-state index is -1.73. The van der Waals surface area contributed by atoms with Crippen molar-refractivity contribution in [2.45, 2.75) is 45.0 Å². The second-order valence-electron chi connectivity index (χ2n) is 6.34. The molecule has 18 heavy (non-hydrogen) atoms. The highest BCUT2D eigenvalue weighted by Gasteiger charge is 2.39. The zero-order valence-corrected chi connectivity index (χ0v) is 13.6. The van der Waals surface area contributed by atoms with Gasteiger partial charge in [-0.3, -0.25) is 0 Å². The molecule has 0 saturated heterocycles. The van der Waals surface area contributed by atoms with Gasteiger partial charge in [-0.2, -0.15) is 0 Å². The van der Waals surface area contributed by atoms with Gasteiger partial charge in [0.2, 0.25) is 0 Å². The molecule has 0 unspecified atom stereocenters. The van der Waals surface area contributed by atoms with Crippen LogP contribution in [0.25, 0.3) is 0 Å². The summed E-state index contributed by atoms with van der Waals surface area (Å²) >= 11 is 0. The molecule has 0 amide bonds. The van der Waals surface area contributed by atoms with Crippen LogP contribution in [0, 0.1) is 0 Å². The molecule has 0 aliphatic rings. The zero-order chi connectivity index (χ0) is 13.8. The first-order valence-electron chi connectivity index (χ1n) is 6.65. The fraction of sp³-hybridized carbons (Fsp3) is 0.600. The average molecular weight is 265 g/mol. The summed E-state index contributed by atoms with van der Waals surface area (Å²) in [4.78, 5) is 0. The van der Waals surface area contributed by atoms with Crippen molar-refractivity contribution in [1.82, 2.24) is 5.32 Å². The van der Waals surface area contributed by atoms with Crippen molar-refractivity contribution in [3.8, 4) is 0 Å². The van der Waals surface area contributed by atoms with Gasteiger partial charge < -0.3 is 9.74 Å². The molecule has 0 saturated carbocycles. The molecule has 3 heteroatoms. The van der Waals surface area contributed by atoms with Crippen LogP contribution in [-0.4, -0.2) is 21.9 Å². The topological polar surface area (TPSA) is 21.3 Å². The molecule has 0 radical (unpaired) electrons. The van der Waals surface area contributed by atoms with Crippen molar-refractivity contribution >= 4 is 8.32 Å². The molecule has 0 spiro atoms. The first kappa shape index (κ1) is 15.4. The summed E-state index contributed by atoms with van der Waals surface area (Å²) in [6.07, 6.45) is 0.150. The van der Waals surface area contributed by atoms with E-state index in [1.54, 1.807) is 0 Å². The van der Waals surface area contributed by atoms with Crippen LogP contribution in [0.2, 0.25) is 18.1 Å². The number of nitrogens with one attached hydrogen (secondary N) is 1. The molecule has 0 fully saturated rings.